The summed E-state index contributed by atoms with van der Waals surface area (Å²) < 4.78 is 2.12. The van der Waals surface area contributed by atoms with Gasteiger partial charge in [-0.3, -0.25) is 4.40 Å². The summed E-state index contributed by atoms with van der Waals surface area (Å²) in [5.41, 5.74) is 7.05. The van der Waals surface area contributed by atoms with Crippen molar-refractivity contribution in [3.63, 3.8) is 0 Å². The van der Waals surface area contributed by atoms with Crippen LogP contribution in [0.1, 0.15) is 39.3 Å². The van der Waals surface area contributed by atoms with Gasteiger partial charge in [0.15, 0.2) is 10.8 Å². The summed E-state index contributed by atoms with van der Waals surface area (Å²) in [6.45, 7) is 9.30. The number of hydrogen-bond acceptors (Lipinski definition) is 4. The monoisotopic (exact) mass is 280 g/mol. The highest BCUT2D eigenvalue weighted by Crippen LogP contribution is 2.25. The molecule has 5 heteroatoms. The summed E-state index contributed by atoms with van der Waals surface area (Å²) in [7, 11) is 0. The lowest BCUT2D eigenvalue weighted by Crippen LogP contribution is -2.30. The Kier molecular flexibility index (Phi) is 4.82. The zero-order valence-corrected chi connectivity index (χ0v) is 12.9. The normalized spacial score (nSPS) is 11.6. The van der Waals surface area contributed by atoms with Crippen LogP contribution in [0.3, 0.4) is 0 Å². The van der Waals surface area contributed by atoms with E-state index in [1.54, 1.807) is 11.3 Å². The van der Waals surface area contributed by atoms with Crippen LogP contribution in [0.25, 0.3) is 4.96 Å². The maximum absolute atomic E-state index is 5.93. The van der Waals surface area contributed by atoms with Gasteiger partial charge in [0.1, 0.15) is 0 Å². The number of nitrogens with two attached hydrogens (primary N) is 1. The third kappa shape index (κ3) is 2.77. The predicted molar refractivity (Wildman–Crippen MR) is 82.9 cm³/mol. The van der Waals surface area contributed by atoms with Crippen LogP contribution in [0.15, 0.2) is 11.6 Å². The average Bonchev–Trinajstić information content (AvgIpc) is 3.00. The van der Waals surface area contributed by atoms with Gasteiger partial charge >= 0.3 is 0 Å². The molecule has 0 saturated carbocycles. The highest BCUT2D eigenvalue weighted by atomic mass is 32.1. The van der Waals surface area contributed by atoms with Crippen LogP contribution in [0.4, 0.5) is 5.82 Å². The molecule has 0 unspecified atom stereocenters. The number of nitrogens with zero attached hydrogens (tertiary/aromatic N) is 3. The van der Waals surface area contributed by atoms with E-state index in [-0.39, 0.29) is 0 Å². The standard InChI is InChI=1S/C14H24N4S/c1-4-11(5-2)10-17(6-3)13-12(9-15)18-7-8-19-14(18)16-13/h7-8,11H,4-6,9-10,15H2,1-3H3. The molecule has 0 saturated heterocycles. The van der Waals surface area contributed by atoms with Crippen molar-refractivity contribution >= 4 is 22.1 Å². The molecule has 106 valence electrons. The van der Waals surface area contributed by atoms with E-state index in [1.165, 1.54) is 12.8 Å². The second-order valence-corrected chi connectivity index (χ2v) is 5.74. The maximum Gasteiger partial charge on any atom is 0.195 e. The Bertz CT molecular complexity index is 512. The third-order valence-electron chi connectivity index (χ3n) is 3.85. The van der Waals surface area contributed by atoms with Gasteiger partial charge in [-0.1, -0.05) is 26.7 Å². The van der Waals surface area contributed by atoms with Crippen molar-refractivity contribution in [2.75, 3.05) is 18.0 Å². The Morgan fingerprint density at radius 3 is 2.68 bits per heavy atom. The molecule has 0 radical (unpaired) electrons. The van der Waals surface area contributed by atoms with Gasteiger partial charge in [0.25, 0.3) is 0 Å². The molecule has 0 aromatic carbocycles. The van der Waals surface area contributed by atoms with E-state index in [0.717, 1.165) is 35.5 Å². The van der Waals surface area contributed by atoms with Gasteiger partial charge in [0.05, 0.1) is 5.69 Å². The Balaban J connectivity index is 2.31. The Hall–Kier alpha value is -1.07. The van der Waals surface area contributed by atoms with Gasteiger partial charge in [0.2, 0.25) is 0 Å². The maximum atomic E-state index is 5.93. The summed E-state index contributed by atoms with van der Waals surface area (Å²) in [5, 5.41) is 2.06. The van der Waals surface area contributed by atoms with Crippen molar-refractivity contribution in [1.82, 2.24) is 9.38 Å². The molecule has 0 atom stereocenters. The summed E-state index contributed by atoms with van der Waals surface area (Å²) in [5.74, 6) is 1.80. The molecule has 0 aliphatic carbocycles. The van der Waals surface area contributed by atoms with Crippen molar-refractivity contribution < 1.29 is 0 Å². The van der Waals surface area contributed by atoms with Crippen molar-refractivity contribution in [1.29, 1.82) is 0 Å². The molecule has 0 aliphatic heterocycles. The lowest BCUT2D eigenvalue weighted by molar-refractivity contribution is 0.484. The quantitative estimate of drug-likeness (QED) is 0.847. The lowest BCUT2D eigenvalue weighted by atomic mass is 10.0. The van der Waals surface area contributed by atoms with Crippen LogP contribution in [0.5, 0.6) is 0 Å². The van der Waals surface area contributed by atoms with Gasteiger partial charge in [-0.05, 0) is 12.8 Å². The number of rotatable bonds is 7. The Morgan fingerprint density at radius 2 is 2.11 bits per heavy atom. The molecule has 0 fully saturated rings. The van der Waals surface area contributed by atoms with E-state index in [9.17, 15) is 0 Å². The fourth-order valence-corrected chi connectivity index (χ4v) is 3.22. The van der Waals surface area contributed by atoms with Gasteiger partial charge in [-0.25, -0.2) is 4.98 Å². The lowest BCUT2D eigenvalue weighted by Gasteiger charge is -2.26. The van der Waals surface area contributed by atoms with Crippen LogP contribution in [-0.2, 0) is 6.54 Å². The number of imidazole rings is 1. The SMILES string of the molecule is CCC(CC)CN(CC)c1nc2sccn2c1CN. The first-order valence-electron chi connectivity index (χ1n) is 7.14. The topological polar surface area (TPSA) is 46.6 Å². The molecule has 0 bridgehead atoms. The van der Waals surface area contributed by atoms with Crippen molar-refractivity contribution in [2.45, 2.75) is 40.2 Å². The Morgan fingerprint density at radius 1 is 1.37 bits per heavy atom. The summed E-state index contributed by atoms with van der Waals surface area (Å²) in [4.78, 5) is 8.18. The van der Waals surface area contributed by atoms with Gasteiger partial charge in [-0.15, -0.1) is 11.3 Å². The smallest absolute Gasteiger partial charge is 0.195 e. The molecular formula is C14H24N4S. The molecule has 0 spiro atoms. The first kappa shape index (κ1) is 14.3. The highest BCUT2D eigenvalue weighted by molar-refractivity contribution is 7.15. The van der Waals surface area contributed by atoms with E-state index in [1.807, 2.05) is 0 Å². The van der Waals surface area contributed by atoms with Crippen LogP contribution in [0, 0.1) is 5.92 Å². The first-order chi connectivity index (χ1) is 9.24. The molecule has 2 rings (SSSR count). The minimum Gasteiger partial charge on any atom is -0.355 e. The minimum absolute atomic E-state index is 0.534. The number of thiazole rings is 1. The number of anilines is 1. The van der Waals surface area contributed by atoms with Gasteiger partial charge < -0.3 is 10.6 Å². The van der Waals surface area contributed by atoms with E-state index in [2.05, 4.69) is 41.6 Å². The molecule has 0 aliphatic rings. The van der Waals surface area contributed by atoms with E-state index >= 15 is 0 Å². The minimum atomic E-state index is 0.534. The van der Waals surface area contributed by atoms with Crippen molar-refractivity contribution in [2.24, 2.45) is 11.7 Å². The predicted octanol–water partition coefficient (Wildman–Crippen LogP) is 3.12. The fourth-order valence-electron chi connectivity index (χ4n) is 2.49. The van der Waals surface area contributed by atoms with Crippen LogP contribution >= 0.6 is 11.3 Å². The van der Waals surface area contributed by atoms with Gasteiger partial charge in [-0.2, -0.15) is 0 Å². The second-order valence-electron chi connectivity index (χ2n) is 4.86. The zero-order valence-electron chi connectivity index (χ0n) is 12.1. The Labute approximate surface area is 119 Å². The number of fused-ring (bicyclic) bond motifs is 1. The molecule has 4 nitrogen and oxygen atoms in total. The van der Waals surface area contributed by atoms with Crippen molar-refractivity contribution in [3.8, 4) is 0 Å². The van der Waals surface area contributed by atoms with Gasteiger partial charge in [0, 0.05) is 31.2 Å². The fraction of sp³-hybridized carbons (Fsp3) is 0.643. The van der Waals surface area contributed by atoms with Crippen LogP contribution in [0.2, 0.25) is 0 Å². The summed E-state index contributed by atoms with van der Waals surface area (Å²) in [6, 6.07) is 0. The molecule has 19 heavy (non-hydrogen) atoms. The number of hydrogen-bond donors (Lipinski definition) is 1. The molecule has 2 aromatic rings. The zero-order chi connectivity index (χ0) is 13.8. The third-order valence-corrected chi connectivity index (χ3v) is 4.60. The van der Waals surface area contributed by atoms with Crippen molar-refractivity contribution in [3.05, 3.63) is 17.3 Å². The van der Waals surface area contributed by atoms with Crippen LogP contribution in [-0.4, -0.2) is 22.5 Å². The van der Waals surface area contributed by atoms with E-state index in [0.29, 0.717) is 6.54 Å². The molecule has 2 N–H and O–H groups in total. The molecule has 2 aromatic heterocycles. The molecule has 0 amide bonds. The van der Waals surface area contributed by atoms with Crippen LogP contribution < -0.4 is 10.6 Å². The molecule has 2 heterocycles. The molecular weight excluding hydrogens is 256 g/mol. The highest BCUT2D eigenvalue weighted by Gasteiger charge is 2.19. The second kappa shape index (κ2) is 6.39. The van der Waals surface area contributed by atoms with E-state index < -0.39 is 0 Å². The first-order valence-corrected chi connectivity index (χ1v) is 8.02. The average molecular weight is 280 g/mol. The van der Waals surface area contributed by atoms with E-state index in [4.69, 9.17) is 10.7 Å². The summed E-state index contributed by atoms with van der Waals surface area (Å²) in [6.07, 6.45) is 4.49. The number of aromatic nitrogens is 2. The largest absolute Gasteiger partial charge is 0.355 e. The summed E-state index contributed by atoms with van der Waals surface area (Å²) >= 11 is 1.67.